The lowest BCUT2D eigenvalue weighted by atomic mass is 9.47. The minimum atomic E-state index is -2.10. The van der Waals surface area contributed by atoms with Crippen molar-refractivity contribution in [3.63, 3.8) is 0 Å². The fourth-order valence-corrected chi connectivity index (χ4v) is 6.01. The van der Waals surface area contributed by atoms with Crippen LogP contribution in [0.25, 0.3) is 0 Å². The van der Waals surface area contributed by atoms with Gasteiger partial charge in [0.25, 0.3) is 0 Å². The van der Waals surface area contributed by atoms with Gasteiger partial charge in [0.15, 0.2) is 5.78 Å². The Kier molecular flexibility index (Phi) is 2.51. The standard InChI is InChI=1S/C19H28O3/c1-18-7-5-11(20)9-15(18)16(21)10-12-13-3-4-17(22)19(13,2)8-6-14(12)18/h9,12-14,16-17,21-22H,3-8,10H2,1-2H3/t12-,13-,14-,16+,17-,18+,19-/m0/s1/i4D2,17D. The number of fused-ring (bicyclic) bond motifs is 5. The van der Waals surface area contributed by atoms with Crippen molar-refractivity contribution in [2.45, 2.75) is 70.9 Å². The summed E-state index contributed by atoms with van der Waals surface area (Å²) in [6.45, 7) is 4.00. The Morgan fingerprint density at radius 2 is 2.05 bits per heavy atom. The zero-order valence-electron chi connectivity index (χ0n) is 16.4. The summed E-state index contributed by atoms with van der Waals surface area (Å²) in [7, 11) is 0. The summed E-state index contributed by atoms with van der Waals surface area (Å²) in [6.07, 6.45) is 0.270. The van der Waals surface area contributed by atoms with Gasteiger partial charge in [-0.05, 0) is 78.7 Å². The summed E-state index contributed by atoms with van der Waals surface area (Å²) >= 11 is 0. The molecule has 122 valence electrons. The van der Waals surface area contributed by atoms with Crippen molar-refractivity contribution in [3.05, 3.63) is 11.6 Å². The molecule has 0 saturated heterocycles. The Hall–Kier alpha value is -0.670. The maximum absolute atomic E-state index is 11.9. The smallest absolute Gasteiger partial charge is 0.155 e. The minimum absolute atomic E-state index is 0.0820. The number of aliphatic hydroxyl groups is 2. The summed E-state index contributed by atoms with van der Waals surface area (Å²) in [6, 6.07) is 0. The molecule has 4 aliphatic carbocycles. The van der Waals surface area contributed by atoms with Crippen molar-refractivity contribution < 1.29 is 19.1 Å². The Labute approximate surface area is 137 Å². The Balaban J connectivity index is 1.77. The van der Waals surface area contributed by atoms with Crippen LogP contribution in [-0.2, 0) is 4.79 Å². The number of hydrogen-bond acceptors (Lipinski definition) is 3. The van der Waals surface area contributed by atoms with Crippen molar-refractivity contribution in [1.29, 1.82) is 0 Å². The average molecular weight is 307 g/mol. The summed E-state index contributed by atoms with van der Waals surface area (Å²) in [5, 5.41) is 21.5. The quantitative estimate of drug-likeness (QED) is 0.723. The molecule has 0 heterocycles. The highest BCUT2D eigenvalue weighted by molar-refractivity contribution is 5.91. The summed E-state index contributed by atoms with van der Waals surface area (Å²) in [5.41, 5.74) is -0.164. The monoisotopic (exact) mass is 307 g/mol. The van der Waals surface area contributed by atoms with Gasteiger partial charge in [-0.1, -0.05) is 13.8 Å². The van der Waals surface area contributed by atoms with E-state index in [1.807, 2.05) is 6.92 Å². The predicted octanol–water partition coefficient (Wildman–Crippen LogP) is 2.85. The summed E-state index contributed by atoms with van der Waals surface area (Å²) < 4.78 is 24.9. The molecular formula is C19H28O3. The van der Waals surface area contributed by atoms with E-state index in [0.717, 1.165) is 18.4 Å². The highest BCUT2D eigenvalue weighted by atomic mass is 16.3. The first kappa shape index (κ1) is 11.8. The normalized spacial score (nSPS) is 61.9. The van der Waals surface area contributed by atoms with Crippen LogP contribution in [0, 0.1) is 28.6 Å². The molecule has 0 radical (unpaired) electrons. The summed E-state index contributed by atoms with van der Waals surface area (Å²) in [5.74, 6) is 0.328. The van der Waals surface area contributed by atoms with E-state index in [2.05, 4.69) is 6.92 Å². The number of rotatable bonds is 0. The molecule has 0 aromatic heterocycles. The molecule has 2 N–H and O–H groups in total. The van der Waals surface area contributed by atoms with Crippen LogP contribution in [0.1, 0.15) is 62.9 Å². The third-order valence-electron chi connectivity index (χ3n) is 7.40. The van der Waals surface area contributed by atoms with Gasteiger partial charge >= 0.3 is 0 Å². The molecule has 0 spiro atoms. The highest BCUT2D eigenvalue weighted by Crippen LogP contribution is 2.65. The van der Waals surface area contributed by atoms with E-state index in [9.17, 15) is 15.0 Å². The van der Waals surface area contributed by atoms with Crippen LogP contribution in [0.5, 0.6) is 0 Å². The van der Waals surface area contributed by atoms with Crippen LogP contribution in [0.3, 0.4) is 0 Å². The Morgan fingerprint density at radius 1 is 1.27 bits per heavy atom. The molecule has 3 nitrogen and oxygen atoms in total. The fraction of sp³-hybridized carbons (Fsp3) is 0.842. The van der Waals surface area contributed by atoms with E-state index in [4.69, 9.17) is 4.11 Å². The zero-order valence-corrected chi connectivity index (χ0v) is 13.4. The van der Waals surface area contributed by atoms with Gasteiger partial charge in [0.2, 0.25) is 0 Å². The molecular weight excluding hydrogens is 276 g/mol. The van der Waals surface area contributed by atoms with Crippen LogP contribution in [0.2, 0.25) is 0 Å². The van der Waals surface area contributed by atoms with E-state index >= 15 is 0 Å². The molecule has 3 saturated carbocycles. The van der Waals surface area contributed by atoms with Crippen LogP contribution < -0.4 is 0 Å². The zero-order chi connectivity index (χ0) is 18.4. The van der Waals surface area contributed by atoms with E-state index in [1.165, 1.54) is 0 Å². The maximum Gasteiger partial charge on any atom is 0.155 e. The van der Waals surface area contributed by atoms with Crippen molar-refractivity contribution in [2.24, 2.45) is 28.6 Å². The van der Waals surface area contributed by atoms with E-state index in [0.29, 0.717) is 19.3 Å². The second-order valence-electron chi connectivity index (χ2n) is 8.30. The maximum atomic E-state index is 11.9. The SMILES string of the molecule is [2H]C1([2H])C[C@H]2[C@@H]3C[C@@H](O)C4=CC(=O)CC[C@]4(C)[C@H]3CC[C@]2(C)[C@@]1([2H])O. The van der Waals surface area contributed by atoms with Gasteiger partial charge in [-0.15, -0.1) is 0 Å². The van der Waals surface area contributed by atoms with Crippen LogP contribution in [0.4, 0.5) is 0 Å². The molecule has 0 bridgehead atoms. The highest BCUT2D eigenvalue weighted by Gasteiger charge is 2.60. The van der Waals surface area contributed by atoms with Crippen molar-refractivity contribution in [2.75, 3.05) is 0 Å². The van der Waals surface area contributed by atoms with Gasteiger partial charge in [0, 0.05) is 9.16 Å². The topological polar surface area (TPSA) is 57.5 Å². The first-order valence-corrected chi connectivity index (χ1v) is 8.59. The van der Waals surface area contributed by atoms with Crippen LogP contribution >= 0.6 is 0 Å². The number of carbonyl (C=O) groups is 1. The van der Waals surface area contributed by atoms with E-state index in [1.54, 1.807) is 6.08 Å². The molecule has 22 heavy (non-hydrogen) atoms. The summed E-state index contributed by atoms with van der Waals surface area (Å²) in [4.78, 5) is 11.9. The molecule has 3 heteroatoms. The molecule has 7 atom stereocenters. The van der Waals surface area contributed by atoms with Gasteiger partial charge < -0.3 is 10.2 Å². The van der Waals surface area contributed by atoms with Crippen molar-refractivity contribution >= 4 is 5.78 Å². The van der Waals surface area contributed by atoms with Gasteiger partial charge in [-0.2, -0.15) is 0 Å². The molecule has 0 aromatic rings. The van der Waals surface area contributed by atoms with Gasteiger partial charge in [0.1, 0.15) is 0 Å². The van der Waals surface area contributed by atoms with Gasteiger partial charge in [-0.25, -0.2) is 0 Å². The second-order valence-corrected chi connectivity index (χ2v) is 8.30. The second kappa shape index (κ2) is 4.67. The lowest BCUT2D eigenvalue weighted by Gasteiger charge is -2.58. The first-order valence-electron chi connectivity index (χ1n) is 10.1. The molecule has 0 amide bonds. The lowest BCUT2D eigenvalue weighted by Crippen LogP contribution is -2.54. The average Bonchev–Trinajstić information content (AvgIpc) is 2.66. The van der Waals surface area contributed by atoms with Crippen molar-refractivity contribution in [3.8, 4) is 0 Å². The fourth-order valence-electron chi connectivity index (χ4n) is 6.01. The largest absolute Gasteiger partial charge is 0.393 e. The molecule has 4 rings (SSSR count). The molecule has 0 aromatic carbocycles. The van der Waals surface area contributed by atoms with E-state index < -0.39 is 24.0 Å². The number of carbonyl (C=O) groups excluding carboxylic acids is 1. The molecule has 3 fully saturated rings. The lowest BCUT2D eigenvalue weighted by molar-refractivity contribution is -0.120. The first-order chi connectivity index (χ1) is 11.4. The van der Waals surface area contributed by atoms with Crippen LogP contribution in [0.15, 0.2) is 11.6 Å². The Morgan fingerprint density at radius 3 is 2.82 bits per heavy atom. The Bertz CT molecular complexity index is 658. The van der Waals surface area contributed by atoms with Gasteiger partial charge in [-0.3, -0.25) is 4.79 Å². The minimum Gasteiger partial charge on any atom is -0.393 e. The number of hydrogen-bond donors (Lipinski definition) is 2. The molecule has 4 aliphatic rings. The third kappa shape index (κ3) is 1.78. The molecule has 0 aliphatic heterocycles. The number of aliphatic hydroxyl groups excluding tert-OH is 1. The number of ketones is 1. The third-order valence-corrected chi connectivity index (χ3v) is 7.40. The predicted molar refractivity (Wildman–Crippen MR) is 84.1 cm³/mol. The van der Waals surface area contributed by atoms with Crippen molar-refractivity contribution in [1.82, 2.24) is 0 Å². The van der Waals surface area contributed by atoms with Crippen LogP contribution in [-0.4, -0.2) is 28.2 Å². The van der Waals surface area contributed by atoms with Gasteiger partial charge in [0.05, 0.1) is 13.6 Å². The van der Waals surface area contributed by atoms with E-state index in [-0.39, 0.29) is 35.4 Å². The molecule has 0 unspecified atom stereocenters.